The van der Waals surface area contributed by atoms with Gasteiger partial charge in [-0.05, 0) is 13.0 Å². The van der Waals surface area contributed by atoms with E-state index in [1.807, 2.05) is 14.1 Å². The minimum absolute atomic E-state index is 0. The maximum Gasteiger partial charge on any atom is 0.236 e. The van der Waals surface area contributed by atoms with Crippen molar-refractivity contribution in [3.05, 3.63) is 0 Å². The Kier molecular flexibility index (Phi) is 14.1. The van der Waals surface area contributed by atoms with E-state index < -0.39 is 0 Å². The number of carbonyl (C=O) groups excluding carboxylic acids is 1. The highest BCUT2D eigenvalue weighted by molar-refractivity contribution is 5.85. The second-order valence-electron chi connectivity index (χ2n) is 5.16. The van der Waals surface area contributed by atoms with Crippen molar-refractivity contribution in [2.75, 3.05) is 66.5 Å². The fourth-order valence-electron chi connectivity index (χ4n) is 2.14. The zero-order valence-corrected chi connectivity index (χ0v) is 14.6. The average Bonchev–Trinajstić information content (AvgIpc) is 2.37. The maximum absolute atomic E-state index is 11.7. The highest BCUT2D eigenvalue weighted by Crippen LogP contribution is 1.97. The van der Waals surface area contributed by atoms with E-state index in [2.05, 4.69) is 22.0 Å². The molecule has 0 spiro atoms. The lowest BCUT2D eigenvalue weighted by atomic mass is 10.3. The first kappa shape index (κ1) is 22.2. The molecule has 7 heteroatoms. The second-order valence-corrected chi connectivity index (χ2v) is 5.16. The lowest BCUT2D eigenvalue weighted by Gasteiger charge is -2.30. The number of nitrogens with one attached hydrogen (secondary N) is 1. The van der Waals surface area contributed by atoms with E-state index in [0.29, 0.717) is 6.54 Å². The molecule has 1 N–H and O–H groups in total. The van der Waals surface area contributed by atoms with Gasteiger partial charge in [0.1, 0.15) is 0 Å². The van der Waals surface area contributed by atoms with Crippen molar-refractivity contribution in [2.24, 2.45) is 0 Å². The molecule has 5 nitrogen and oxygen atoms in total. The minimum atomic E-state index is 0. The Morgan fingerprint density at radius 2 is 1.75 bits per heavy atom. The second kappa shape index (κ2) is 12.7. The van der Waals surface area contributed by atoms with E-state index in [0.717, 1.165) is 52.2 Å². The Balaban J connectivity index is 0. The molecule has 1 amide bonds. The third-order valence-electron chi connectivity index (χ3n) is 3.34. The van der Waals surface area contributed by atoms with Crippen LogP contribution in [0.15, 0.2) is 0 Å². The largest absolute Gasteiger partial charge is 0.348 e. The zero-order chi connectivity index (χ0) is 13.4. The lowest BCUT2D eigenvalue weighted by Crippen LogP contribution is -2.47. The number of piperazine rings is 1. The Morgan fingerprint density at radius 3 is 2.25 bits per heavy atom. The lowest BCUT2D eigenvalue weighted by molar-refractivity contribution is -0.129. The first-order valence-corrected chi connectivity index (χ1v) is 6.99. The summed E-state index contributed by atoms with van der Waals surface area (Å²) in [6, 6.07) is 0. The van der Waals surface area contributed by atoms with Gasteiger partial charge in [-0.25, -0.2) is 0 Å². The number of rotatable bonds is 7. The van der Waals surface area contributed by atoms with Crippen molar-refractivity contribution in [1.29, 1.82) is 0 Å². The van der Waals surface area contributed by atoms with Crippen LogP contribution in [0.4, 0.5) is 0 Å². The van der Waals surface area contributed by atoms with E-state index in [1.54, 1.807) is 4.90 Å². The monoisotopic (exact) mass is 328 g/mol. The molecule has 0 aromatic heterocycles. The molecule has 1 rings (SSSR count). The normalized spacial score (nSPS) is 15.4. The number of nitrogens with zero attached hydrogens (tertiary/aromatic N) is 3. The van der Waals surface area contributed by atoms with Gasteiger partial charge in [0.2, 0.25) is 5.91 Å². The standard InChI is InChI=1S/C13H28N4O.2ClH/c1-4-7-17(12-13(18)15(2)3)11-10-16-8-5-14-6-9-16;;/h14H,4-12H2,1-3H3;2*1H. The van der Waals surface area contributed by atoms with Crippen LogP contribution >= 0.6 is 24.8 Å². The predicted molar refractivity (Wildman–Crippen MR) is 89.2 cm³/mol. The summed E-state index contributed by atoms with van der Waals surface area (Å²) in [4.78, 5) is 18.2. The van der Waals surface area contributed by atoms with Gasteiger partial charge in [-0.2, -0.15) is 0 Å². The van der Waals surface area contributed by atoms with Gasteiger partial charge in [-0.1, -0.05) is 6.92 Å². The fourth-order valence-corrected chi connectivity index (χ4v) is 2.14. The summed E-state index contributed by atoms with van der Waals surface area (Å²) in [6.07, 6.45) is 1.10. The van der Waals surface area contributed by atoms with Crippen LogP contribution in [0.25, 0.3) is 0 Å². The molecule has 0 radical (unpaired) electrons. The fraction of sp³-hybridized carbons (Fsp3) is 0.923. The quantitative estimate of drug-likeness (QED) is 0.740. The van der Waals surface area contributed by atoms with E-state index in [-0.39, 0.29) is 30.7 Å². The molecule has 0 atom stereocenters. The predicted octanol–water partition coefficient (Wildman–Crippen LogP) is 0.535. The topological polar surface area (TPSA) is 38.8 Å². The van der Waals surface area contributed by atoms with E-state index in [1.165, 1.54) is 0 Å². The summed E-state index contributed by atoms with van der Waals surface area (Å²) >= 11 is 0. The first-order chi connectivity index (χ1) is 8.63. The van der Waals surface area contributed by atoms with Crippen LogP contribution in [0.5, 0.6) is 0 Å². The molecule has 1 saturated heterocycles. The number of hydrogen-bond acceptors (Lipinski definition) is 4. The molecule has 0 saturated carbocycles. The van der Waals surface area contributed by atoms with Crippen molar-refractivity contribution < 1.29 is 4.79 Å². The molecule has 0 aliphatic carbocycles. The average molecular weight is 329 g/mol. The summed E-state index contributed by atoms with van der Waals surface area (Å²) in [5, 5.41) is 3.36. The maximum atomic E-state index is 11.7. The highest BCUT2D eigenvalue weighted by atomic mass is 35.5. The molecule has 0 bridgehead atoms. The number of hydrogen-bond donors (Lipinski definition) is 1. The summed E-state index contributed by atoms with van der Waals surface area (Å²) < 4.78 is 0. The third-order valence-corrected chi connectivity index (χ3v) is 3.34. The molecule has 1 aliphatic heterocycles. The van der Waals surface area contributed by atoms with E-state index in [4.69, 9.17) is 0 Å². The van der Waals surface area contributed by atoms with Crippen LogP contribution in [-0.4, -0.2) is 87.1 Å². The Morgan fingerprint density at radius 1 is 1.15 bits per heavy atom. The van der Waals surface area contributed by atoms with Gasteiger partial charge in [0.25, 0.3) is 0 Å². The van der Waals surface area contributed by atoms with Crippen molar-refractivity contribution in [2.45, 2.75) is 13.3 Å². The number of amides is 1. The summed E-state index contributed by atoms with van der Waals surface area (Å²) in [6.45, 7) is 10.2. The van der Waals surface area contributed by atoms with Crippen molar-refractivity contribution >= 4 is 30.7 Å². The number of carbonyl (C=O) groups is 1. The molecular formula is C13H30Cl2N4O. The van der Waals surface area contributed by atoms with E-state index >= 15 is 0 Å². The Labute approximate surface area is 135 Å². The summed E-state index contributed by atoms with van der Waals surface area (Å²) in [7, 11) is 3.64. The van der Waals surface area contributed by atoms with Gasteiger partial charge in [0.15, 0.2) is 0 Å². The molecule has 0 aromatic rings. The smallest absolute Gasteiger partial charge is 0.236 e. The molecule has 1 fully saturated rings. The number of halogens is 2. The van der Waals surface area contributed by atoms with Crippen LogP contribution < -0.4 is 5.32 Å². The van der Waals surface area contributed by atoms with Crippen LogP contribution in [0.1, 0.15) is 13.3 Å². The third kappa shape index (κ3) is 8.97. The minimum Gasteiger partial charge on any atom is -0.348 e. The van der Waals surface area contributed by atoms with Gasteiger partial charge < -0.3 is 10.2 Å². The molecule has 0 unspecified atom stereocenters. The van der Waals surface area contributed by atoms with Crippen molar-refractivity contribution in [3.63, 3.8) is 0 Å². The van der Waals surface area contributed by atoms with Crippen LogP contribution in [0.2, 0.25) is 0 Å². The SMILES string of the molecule is CCCN(CCN1CCNCC1)CC(=O)N(C)C.Cl.Cl. The van der Waals surface area contributed by atoms with Gasteiger partial charge in [0, 0.05) is 53.4 Å². The van der Waals surface area contributed by atoms with Gasteiger partial charge in [-0.15, -0.1) is 24.8 Å². The van der Waals surface area contributed by atoms with E-state index in [9.17, 15) is 4.79 Å². The van der Waals surface area contributed by atoms with Crippen molar-refractivity contribution in [1.82, 2.24) is 20.0 Å². The molecule has 20 heavy (non-hydrogen) atoms. The molecule has 1 aliphatic rings. The zero-order valence-electron chi connectivity index (χ0n) is 12.9. The van der Waals surface area contributed by atoms with Crippen LogP contribution in [0, 0.1) is 0 Å². The van der Waals surface area contributed by atoms with Gasteiger partial charge in [0.05, 0.1) is 6.54 Å². The van der Waals surface area contributed by atoms with Crippen LogP contribution in [0.3, 0.4) is 0 Å². The number of likely N-dealkylation sites (N-methyl/N-ethyl adjacent to an activating group) is 1. The highest BCUT2D eigenvalue weighted by Gasteiger charge is 2.14. The molecule has 0 aromatic carbocycles. The van der Waals surface area contributed by atoms with Crippen LogP contribution in [-0.2, 0) is 4.79 Å². The molecule has 122 valence electrons. The molecular weight excluding hydrogens is 299 g/mol. The van der Waals surface area contributed by atoms with Crippen molar-refractivity contribution in [3.8, 4) is 0 Å². The van der Waals surface area contributed by atoms with Gasteiger partial charge in [-0.3, -0.25) is 14.6 Å². The Hall–Kier alpha value is -0.0700. The summed E-state index contributed by atoms with van der Waals surface area (Å²) in [5.41, 5.74) is 0. The van der Waals surface area contributed by atoms with Gasteiger partial charge >= 0.3 is 0 Å². The summed E-state index contributed by atoms with van der Waals surface area (Å²) in [5.74, 6) is 0.198. The molecule has 1 heterocycles. The first-order valence-electron chi connectivity index (χ1n) is 6.99. The Bertz CT molecular complexity index is 249.